The van der Waals surface area contributed by atoms with E-state index in [4.69, 9.17) is 9.47 Å². The molecule has 0 radical (unpaired) electrons. The van der Waals surface area contributed by atoms with Crippen molar-refractivity contribution in [2.45, 2.75) is 45.8 Å². The lowest BCUT2D eigenvalue weighted by Crippen LogP contribution is -2.37. The lowest BCUT2D eigenvalue weighted by atomic mass is 10.1. The first-order valence-electron chi connectivity index (χ1n) is 7.15. The minimum absolute atomic E-state index is 0.203. The maximum atomic E-state index is 11.7. The number of aryl methyl sites for hydroxylation is 2. The quantitative estimate of drug-likeness (QED) is 0.813. The van der Waals surface area contributed by atoms with E-state index in [0.717, 1.165) is 24.0 Å². The molecular weight excluding hydrogens is 270 g/mol. The van der Waals surface area contributed by atoms with Crippen LogP contribution in [0.4, 0.5) is 0 Å². The summed E-state index contributed by atoms with van der Waals surface area (Å²) in [6.45, 7) is 5.27. The number of nitrogens with one attached hydrogen (secondary N) is 1. The maximum Gasteiger partial charge on any atom is 0.344 e. The lowest BCUT2D eigenvalue weighted by Gasteiger charge is -2.14. The molecule has 0 saturated heterocycles. The first-order chi connectivity index (χ1) is 9.95. The van der Waals surface area contributed by atoms with Gasteiger partial charge in [-0.1, -0.05) is 17.7 Å². The molecule has 1 N–H and O–H groups in total. The van der Waals surface area contributed by atoms with Crippen LogP contribution in [0.2, 0.25) is 0 Å². The van der Waals surface area contributed by atoms with E-state index in [0.29, 0.717) is 5.75 Å². The number of ether oxygens (including phenoxy) is 2. The summed E-state index contributed by atoms with van der Waals surface area (Å²) < 4.78 is 10.5. The SMILES string of the molecule is Cc1ccc(OCC(=O)O[C@@H](C)C(=O)NC2CC2)c(C)c1. The van der Waals surface area contributed by atoms with Crippen molar-refractivity contribution < 1.29 is 19.1 Å². The van der Waals surface area contributed by atoms with E-state index < -0.39 is 12.1 Å². The molecule has 0 unspecified atom stereocenters. The van der Waals surface area contributed by atoms with Gasteiger partial charge >= 0.3 is 5.97 Å². The molecule has 0 aliphatic heterocycles. The summed E-state index contributed by atoms with van der Waals surface area (Å²) in [5, 5.41) is 2.79. The molecule has 0 aromatic heterocycles. The number of carbonyl (C=O) groups is 2. The van der Waals surface area contributed by atoms with Crippen molar-refractivity contribution in [2.75, 3.05) is 6.61 Å². The van der Waals surface area contributed by atoms with Crippen molar-refractivity contribution in [1.82, 2.24) is 5.32 Å². The highest BCUT2D eigenvalue weighted by Gasteiger charge is 2.27. The van der Waals surface area contributed by atoms with Crippen LogP contribution in [0.5, 0.6) is 5.75 Å². The maximum absolute atomic E-state index is 11.7. The van der Waals surface area contributed by atoms with Crippen LogP contribution in [0, 0.1) is 13.8 Å². The fourth-order valence-corrected chi connectivity index (χ4v) is 1.93. The summed E-state index contributed by atoms with van der Waals surface area (Å²) >= 11 is 0. The molecule has 1 amide bonds. The molecule has 0 heterocycles. The highest BCUT2D eigenvalue weighted by atomic mass is 16.6. The lowest BCUT2D eigenvalue weighted by molar-refractivity contribution is -0.156. The second-order valence-electron chi connectivity index (χ2n) is 5.47. The Labute approximate surface area is 124 Å². The van der Waals surface area contributed by atoms with Crippen LogP contribution in [-0.2, 0) is 14.3 Å². The number of carbonyl (C=O) groups excluding carboxylic acids is 2. The number of hydrogen-bond donors (Lipinski definition) is 1. The zero-order valence-electron chi connectivity index (χ0n) is 12.6. The molecule has 1 saturated carbocycles. The van der Waals surface area contributed by atoms with Crippen LogP contribution in [0.3, 0.4) is 0 Å². The smallest absolute Gasteiger partial charge is 0.344 e. The van der Waals surface area contributed by atoms with Crippen molar-refractivity contribution in [2.24, 2.45) is 0 Å². The fourth-order valence-electron chi connectivity index (χ4n) is 1.93. The highest BCUT2D eigenvalue weighted by molar-refractivity contribution is 5.84. The second kappa shape index (κ2) is 6.61. The van der Waals surface area contributed by atoms with Crippen LogP contribution in [0.1, 0.15) is 30.9 Å². The predicted octanol–water partition coefficient (Wildman–Crippen LogP) is 1.89. The number of rotatable bonds is 6. The van der Waals surface area contributed by atoms with E-state index in [9.17, 15) is 9.59 Å². The van der Waals surface area contributed by atoms with Gasteiger partial charge in [-0.3, -0.25) is 4.79 Å². The van der Waals surface area contributed by atoms with E-state index in [1.54, 1.807) is 6.92 Å². The van der Waals surface area contributed by atoms with E-state index in [2.05, 4.69) is 5.32 Å². The van der Waals surface area contributed by atoms with Gasteiger partial charge in [-0.05, 0) is 45.2 Å². The van der Waals surface area contributed by atoms with Crippen molar-refractivity contribution >= 4 is 11.9 Å². The Kier molecular flexibility index (Phi) is 4.83. The molecule has 1 fully saturated rings. The number of hydrogen-bond acceptors (Lipinski definition) is 4. The standard InChI is InChI=1S/C16H21NO4/c1-10-4-7-14(11(2)8-10)20-9-15(18)21-12(3)16(19)17-13-5-6-13/h4,7-8,12-13H,5-6,9H2,1-3H3,(H,17,19)/t12-/m0/s1. The van der Waals surface area contributed by atoms with Crippen LogP contribution in [-0.4, -0.2) is 30.6 Å². The van der Waals surface area contributed by atoms with Gasteiger partial charge in [0.2, 0.25) is 0 Å². The number of amides is 1. The fraction of sp³-hybridized carbons (Fsp3) is 0.500. The summed E-state index contributed by atoms with van der Waals surface area (Å²) in [6, 6.07) is 5.97. The molecule has 1 aliphatic rings. The molecule has 2 rings (SSSR count). The van der Waals surface area contributed by atoms with Crippen LogP contribution < -0.4 is 10.1 Å². The van der Waals surface area contributed by atoms with Crippen molar-refractivity contribution in [1.29, 1.82) is 0 Å². The summed E-state index contributed by atoms with van der Waals surface area (Å²) in [7, 11) is 0. The van der Waals surface area contributed by atoms with Gasteiger partial charge in [-0.2, -0.15) is 0 Å². The van der Waals surface area contributed by atoms with Gasteiger partial charge in [0.05, 0.1) is 0 Å². The Morgan fingerprint density at radius 3 is 2.67 bits per heavy atom. The Bertz CT molecular complexity index is 537. The van der Waals surface area contributed by atoms with E-state index in [1.165, 1.54) is 0 Å². The Balaban J connectivity index is 1.77. The van der Waals surface area contributed by atoms with E-state index in [1.807, 2.05) is 32.0 Å². The van der Waals surface area contributed by atoms with Crippen LogP contribution in [0.25, 0.3) is 0 Å². The average Bonchev–Trinajstić information content (AvgIpc) is 3.21. The second-order valence-corrected chi connectivity index (χ2v) is 5.47. The molecule has 114 valence electrons. The van der Waals surface area contributed by atoms with Crippen LogP contribution >= 0.6 is 0 Å². The van der Waals surface area contributed by atoms with Crippen molar-refractivity contribution in [3.8, 4) is 5.75 Å². The molecular formula is C16H21NO4. The molecule has 21 heavy (non-hydrogen) atoms. The Morgan fingerprint density at radius 1 is 1.33 bits per heavy atom. The number of benzene rings is 1. The molecule has 1 aromatic carbocycles. The zero-order valence-corrected chi connectivity index (χ0v) is 12.6. The highest BCUT2D eigenvalue weighted by Crippen LogP contribution is 2.19. The van der Waals surface area contributed by atoms with E-state index in [-0.39, 0.29) is 18.6 Å². The van der Waals surface area contributed by atoms with Gasteiger partial charge in [0, 0.05) is 6.04 Å². The van der Waals surface area contributed by atoms with Gasteiger partial charge in [-0.15, -0.1) is 0 Å². The largest absolute Gasteiger partial charge is 0.482 e. The summed E-state index contributed by atoms with van der Waals surface area (Å²) in [5.41, 5.74) is 2.09. The zero-order chi connectivity index (χ0) is 15.4. The molecule has 0 spiro atoms. The number of esters is 1. The predicted molar refractivity (Wildman–Crippen MR) is 78.1 cm³/mol. The van der Waals surface area contributed by atoms with Gasteiger partial charge < -0.3 is 14.8 Å². The third-order valence-corrected chi connectivity index (χ3v) is 3.28. The third kappa shape index (κ3) is 4.77. The molecule has 1 atom stereocenters. The molecule has 5 nitrogen and oxygen atoms in total. The van der Waals surface area contributed by atoms with E-state index >= 15 is 0 Å². The van der Waals surface area contributed by atoms with Gasteiger partial charge in [-0.25, -0.2) is 4.79 Å². The summed E-state index contributed by atoms with van der Waals surface area (Å²) in [5.74, 6) is -0.154. The Hall–Kier alpha value is -2.04. The van der Waals surface area contributed by atoms with Crippen LogP contribution in [0.15, 0.2) is 18.2 Å². The molecule has 5 heteroatoms. The topological polar surface area (TPSA) is 64.6 Å². The molecule has 1 aromatic rings. The average molecular weight is 291 g/mol. The monoisotopic (exact) mass is 291 g/mol. The minimum Gasteiger partial charge on any atom is -0.482 e. The molecule has 1 aliphatic carbocycles. The van der Waals surface area contributed by atoms with Crippen molar-refractivity contribution in [3.05, 3.63) is 29.3 Å². The first-order valence-corrected chi connectivity index (χ1v) is 7.15. The van der Waals surface area contributed by atoms with Gasteiger partial charge in [0.1, 0.15) is 5.75 Å². The third-order valence-electron chi connectivity index (χ3n) is 3.28. The first kappa shape index (κ1) is 15.4. The Morgan fingerprint density at radius 2 is 2.05 bits per heavy atom. The van der Waals surface area contributed by atoms with Gasteiger partial charge in [0.25, 0.3) is 5.91 Å². The molecule has 0 bridgehead atoms. The van der Waals surface area contributed by atoms with Crippen molar-refractivity contribution in [3.63, 3.8) is 0 Å². The normalized spacial score (nSPS) is 15.2. The summed E-state index contributed by atoms with van der Waals surface area (Å²) in [4.78, 5) is 23.3. The minimum atomic E-state index is -0.791. The summed E-state index contributed by atoms with van der Waals surface area (Å²) in [6.07, 6.45) is 1.21. The van der Waals surface area contributed by atoms with Gasteiger partial charge in [0.15, 0.2) is 12.7 Å².